The first kappa shape index (κ1) is 25.5. The van der Waals surface area contributed by atoms with Crippen molar-refractivity contribution in [2.45, 2.75) is 31.7 Å². The Labute approximate surface area is 217 Å². The van der Waals surface area contributed by atoms with Crippen molar-refractivity contribution in [3.63, 3.8) is 0 Å². The number of benzene rings is 4. The number of carbonyl (C=O) groups is 1. The van der Waals surface area contributed by atoms with Gasteiger partial charge in [0.15, 0.2) is 0 Å². The lowest BCUT2D eigenvalue weighted by Gasteiger charge is -2.20. The van der Waals surface area contributed by atoms with Gasteiger partial charge in [0.2, 0.25) is 0 Å². The van der Waals surface area contributed by atoms with E-state index in [2.05, 4.69) is 10.0 Å². The molecule has 7 heteroatoms. The van der Waals surface area contributed by atoms with Crippen LogP contribution in [0.4, 0.5) is 5.69 Å². The van der Waals surface area contributed by atoms with E-state index in [9.17, 15) is 13.2 Å². The lowest BCUT2D eigenvalue weighted by atomic mass is 9.97. The Balaban J connectivity index is 1.64. The van der Waals surface area contributed by atoms with E-state index < -0.39 is 22.0 Å². The number of anilines is 1. The Hall–Kier alpha value is -3.61. The number of aryl methyl sites for hydroxylation is 3. The molecule has 1 amide bonds. The smallest absolute Gasteiger partial charge is 0.263 e. The quantitative estimate of drug-likeness (QED) is 0.290. The molecule has 0 heterocycles. The first-order valence-corrected chi connectivity index (χ1v) is 13.3. The van der Waals surface area contributed by atoms with E-state index in [0.717, 1.165) is 27.8 Å². The normalized spacial score (nSPS) is 12.1. The molecule has 5 nitrogen and oxygen atoms in total. The van der Waals surface area contributed by atoms with Crippen molar-refractivity contribution in [3.05, 3.63) is 129 Å². The number of hydrogen-bond acceptors (Lipinski definition) is 3. The van der Waals surface area contributed by atoms with Gasteiger partial charge in [-0.25, -0.2) is 8.42 Å². The average molecular weight is 519 g/mol. The molecule has 0 aliphatic rings. The van der Waals surface area contributed by atoms with Crippen LogP contribution < -0.4 is 10.0 Å². The average Bonchev–Trinajstić information content (AvgIpc) is 2.86. The van der Waals surface area contributed by atoms with Gasteiger partial charge in [0, 0.05) is 11.3 Å². The number of amides is 1. The number of nitrogens with one attached hydrogen (secondary N) is 2. The minimum atomic E-state index is -4.03. The number of sulfonamides is 1. The highest BCUT2D eigenvalue weighted by Crippen LogP contribution is 2.27. The number of halogens is 1. The van der Waals surface area contributed by atoms with Gasteiger partial charge in [-0.2, -0.15) is 0 Å². The van der Waals surface area contributed by atoms with Crippen molar-refractivity contribution in [2.75, 3.05) is 4.72 Å². The van der Waals surface area contributed by atoms with Crippen LogP contribution >= 0.6 is 11.6 Å². The molecule has 0 spiro atoms. The minimum Gasteiger partial charge on any atom is -0.341 e. The molecule has 0 aliphatic carbocycles. The number of rotatable bonds is 7. The van der Waals surface area contributed by atoms with Gasteiger partial charge in [0.1, 0.15) is 4.90 Å². The Kier molecular flexibility index (Phi) is 7.48. The molecule has 4 aromatic rings. The van der Waals surface area contributed by atoms with E-state index in [1.54, 1.807) is 12.1 Å². The second-order valence-corrected chi connectivity index (χ2v) is 10.8. The van der Waals surface area contributed by atoms with Gasteiger partial charge < -0.3 is 5.32 Å². The molecule has 0 radical (unpaired) electrons. The zero-order chi connectivity index (χ0) is 25.9. The summed E-state index contributed by atoms with van der Waals surface area (Å²) in [5.41, 5.74) is 5.56. The second-order valence-electron chi connectivity index (χ2n) is 8.78. The summed E-state index contributed by atoms with van der Waals surface area (Å²) >= 11 is 6.27. The van der Waals surface area contributed by atoms with Gasteiger partial charge in [0.05, 0.1) is 11.1 Å². The van der Waals surface area contributed by atoms with Crippen molar-refractivity contribution in [1.82, 2.24) is 5.32 Å². The van der Waals surface area contributed by atoms with Gasteiger partial charge in [-0.1, -0.05) is 77.8 Å². The molecule has 0 saturated carbocycles. The Morgan fingerprint density at radius 2 is 1.44 bits per heavy atom. The molecule has 0 bridgehead atoms. The Morgan fingerprint density at radius 3 is 2.11 bits per heavy atom. The van der Waals surface area contributed by atoms with E-state index >= 15 is 0 Å². The predicted molar refractivity (Wildman–Crippen MR) is 145 cm³/mol. The second kappa shape index (κ2) is 10.6. The Morgan fingerprint density at radius 1 is 0.778 bits per heavy atom. The summed E-state index contributed by atoms with van der Waals surface area (Å²) in [7, 11) is -4.03. The molecule has 0 fully saturated rings. The monoisotopic (exact) mass is 518 g/mol. The minimum absolute atomic E-state index is 0.0287. The van der Waals surface area contributed by atoms with E-state index in [-0.39, 0.29) is 15.5 Å². The van der Waals surface area contributed by atoms with Gasteiger partial charge in [-0.05, 0) is 73.4 Å². The van der Waals surface area contributed by atoms with E-state index in [1.165, 1.54) is 18.2 Å². The van der Waals surface area contributed by atoms with Crippen molar-refractivity contribution in [2.24, 2.45) is 0 Å². The molecule has 2 N–H and O–H groups in total. The van der Waals surface area contributed by atoms with Crippen LogP contribution in [-0.2, 0) is 10.0 Å². The first-order valence-electron chi connectivity index (χ1n) is 11.5. The zero-order valence-corrected chi connectivity index (χ0v) is 21.8. The molecule has 0 aromatic heterocycles. The molecule has 0 aliphatic heterocycles. The SMILES string of the molecule is Cc1ccc([C@H](NC(=O)c2ccc(Cl)c(S(=O)(=O)Nc3ccc(C)c(C)c3)c2)c2ccccc2)cc1. The lowest BCUT2D eigenvalue weighted by molar-refractivity contribution is 0.0942. The molecule has 184 valence electrons. The zero-order valence-electron chi connectivity index (χ0n) is 20.2. The summed E-state index contributed by atoms with van der Waals surface area (Å²) < 4.78 is 28.9. The van der Waals surface area contributed by atoms with Crippen LogP contribution in [0.2, 0.25) is 5.02 Å². The maximum Gasteiger partial charge on any atom is 0.263 e. The van der Waals surface area contributed by atoms with Crippen LogP contribution in [0, 0.1) is 20.8 Å². The highest BCUT2D eigenvalue weighted by molar-refractivity contribution is 7.92. The van der Waals surface area contributed by atoms with E-state index in [0.29, 0.717) is 5.69 Å². The lowest BCUT2D eigenvalue weighted by Crippen LogP contribution is -2.29. The molecule has 36 heavy (non-hydrogen) atoms. The van der Waals surface area contributed by atoms with Crippen molar-refractivity contribution >= 4 is 33.2 Å². The standard InChI is InChI=1S/C29H27ClN2O3S/c1-19-9-12-23(13-10-19)28(22-7-5-4-6-8-22)31-29(33)24-14-16-26(30)27(18-24)36(34,35)32-25-15-11-20(2)21(3)17-25/h4-18,28,32H,1-3H3,(H,31,33)/t28-/m1/s1. The third-order valence-electron chi connectivity index (χ3n) is 6.06. The van der Waals surface area contributed by atoms with Gasteiger partial charge in [-0.3, -0.25) is 9.52 Å². The van der Waals surface area contributed by atoms with E-state index in [4.69, 9.17) is 11.6 Å². The number of hydrogen-bond donors (Lipinski definition) is 2. The predicted octanol–water partition coefficient (Wildman–Crippen LogP) is 6.59. The third kappa shape index (κ3) is 5.78. The van der Waals surface area contributed by atoms with Crippen LogP contribution in [-0.4, -0.2) is 14.3 Å². The fourth-order valence-electron chi connectivity index (χ4n) is 3.84. The summed E-state index contributed by atoms with van der Waals surface area (Å²) in [4.78, 5) is 13.2. The fourth-order valence-corrected chi connectivity index (χ4v) is 5.42. The fraction of sp³-hybridized carbons (Fsp3) is 0.138. The first-order chi connectivity index (χ1) is 17.1. The maximum absolute atomic E-state index is 13.3. The highest BCUT2D eigenvalue weighted by atomic mass is 35.5. The summed E-state index contributed by atoms with van der Waals surface area (Å²) in [6, 6.07) is 26.7. The van der Waals surface area contributed by atoms with Crippen LogP contribution in [0.5, 0.6) is 0 Å². The van der Waals surface area contributed by atoms with E-state index in [1.807, 2.05) is 81.4 Å². The molecule has 0 saturated heterocycles. The largest absolute Gasteiger partial charge is 0.341 e. The summed E-state index contributed by atoms with van der Waals surface area (Å²) in [6.45, 7) is 5.86. The van der Waals surface area contributed by atoms with Gasteiger partial charge >= 0.3 is 0 Å². The summed E-state index contributed by atoms with van der Waals surface area (Å²) in [5.74, 6) is -0.413. The molecular weight excluding hydrogens is 492 g/mol. The molecule has 4 rings (SSSR count). The van der Waals surface area contributed by atoms with Crippen molar-refractivity contribution < 1.29 is 13.2 Å². The van der Waals surface area contributed by atoms with Crippen LogP contribution in [0.15, 0.2) is 95.9 Å². The topological polar surface area (TPSA) is 75.3 Å². The summed E-state index contributed by atoms with van der Waals surface area (Å²) in [6.07, 6.45) is 0. The van der Waals surface area contributed by atoms with Crippen molar-refractivity contribution in [3.8, 4) is 0 Å². The summed E-state index contributed by atoms with van der Waals surface area (Å²) in [5, 5.41) is 3.08. The van der Waals surface area contributed by atoms with Crippen LogP contribution in [0.3, 0.4) is 0 Å². The molecule has 1 atom stereocenters. The van der Waals surface area contributed by atoms with Crippen LogP contribution in [0.25, 0.3) is 0 Å². The third-order valence-corrected chi connectivity index (χ3v) is 7.92. The van der Waals surface area contributed by atoms with Crippen LogP contribution in [0.1, 0.15) is 44.2 Å². The molecule has 0 unspecified atom stereocenters. The van der Waals surface area contributed by atoms with Crippen molar-refractivity contribution in [1.29, 1.82) is 0 Å². The van der Waals surface area contributed by atoms with Gasteiger partial charge in [-0.15, -0.1) is 0 Å². The van der Waals surface area contributed by atoms with Gasteiger partial charge in [0.25, 0.3) is 15.9 Å². The maximum atomic E-state index is 13.3. The molecule has 4 aromatic carbocycles. The Bertz CT molecular complexity index is 1500. The highest BCUT2D eigenvalue weighted by Gasteiger charge is 2.23. The molecular formula is C29H27ClN2O3S. The number of carbonyl (C=O) groups excluding carboxylic acids is 1.